The summed E-state index contributed by atoms with van der Waals surface area (Å²) in [5.41, 5.74) is 0.391. The average Bonchev–Trinajstić information content (AvgIpc) is 2.70. The van der Waals surface area contributed by atoms with Crippen molar-refractivity contribution in [2.45, 2.75) is 32.1 Å². The summed E-state index contributed by atoms with van der Waals surface area (Å²) in [7, 11) is 0. The van der Waals surface area contributed by atoms with E-state index in [1.54, 1.807) is 24.3 Å². The lowest BCUT2D eigenvalue weighted by atomic mass is 9.75. The van der Waals surface area contributed by atoms with E-state index >= 15 is 0 Å². The first-order valence-electron chi connectivity index (χ1n) is 9.69. The van der Waals surface area contributed by atoms with Crippen LogP contribution in [0.4, 0.5) is 0 Å². The lowest BCUT2D eigenvalue weighted by molar-refractivity contribution is -0.137. The minimum atomic E-state index is -0.641. The van der Waals surface area contributed by atoms with E-state index in [1.165, 1.54) is 31.7 Å². The fourth-order valence-corrected chi connectivity index (χ4v) is 4.50. The van der Waals surface area contributed by atoms with E-state index in [0.29, 0.717) is 16.8 Å². The summed E-state index contributed by atoms with van der Waals surface area (Å²) < 4.78 is 5.26. The summed E-state index contributed by atoms with van der Waals surface area (Å²) in [6.07, 6.45) is 6.05. The Morgan fingerprint density at radius 2 is 1.89 bits per heavy atom. The molecule has 6 heteroatoms. The summed E-state index contributed by atoms with van der Waals surface area (Å²) in [4.78, 5) is 41.3. The topological polar surface area (TPSA) is 79.5 Å². The number of amides is 1. The van der Waals surface area contributed by atoms with Gasteiger partial charge in [0, 0.05) is 30.1 Å². The highest BCUT2D eigenvalue weighted by Gasteiger charge is 2.33. The second-order valence-electron chi connectivity index (χ2n) is 7.60. The first kappa shape index (κ1) is 17.8. The number of aromatic amines is 1. The normalized spacial score (nSPS) is 22.3. The zero-order valence-electron chi connectivity index (χ0n) is 15.3. The molecule has 27 heavy (non-hydrogen) atoms. The van der Waals surface area contributed by atoms with E-state index < -0.39 is 5.97 Å². The van der Waals surface area contributed by atoms with E-state index in [0.717, 1.165) is 25.4 Å². The fraction of sp³-hybridized carbons (Fsp3) is 0.476. The van der Waals surface area contributed by atoms with Crippen LogP contribution in [0.15, 0.2) is 35.1 Å². The number of ether oxygens (including phenoxy) is 1. The highest BCUT2D eigenvalue weighted by Crippen LogP contribution is 2.36. The molecule has 2 aromatic rings. The number of fused-ring (bicyclic) bond motifs is 2. The number of aromatic nitrogens is 1. The van der Waals surface area contributed by atoms with E-state index in [-0.39, 0.29) is 23.6 Å². The van der Waals surface area contributed by atoms with Gasteiger partial charge in [-0.15, -0.1) is 0 Å². The van der Waals surface area contributed by atoms with Gasteiger partial charge in [-0.25, -0.2) is 4.79 Å². The molecular weight excluding hydrogens is 344 g/mol. The van der Waals surface area contributed by atoms with Crippen molar-refractivity contribution in [3.8, 4) is 0 Å². The minimum Gasteiger partial charge on any atom is -0.452 e. The number of hydrogen-bond donors (Lipinski definition) is 1. The van der Waals surface area contributed by atoms with Gasteiger partial charge in [-0.3, -0.25) is 9.59 Å². The van der Waals surface area contributed by atoms with Crippen molar-refractivity contribution >= 4 is 22.8 Å². The Morgan fingerprint density at radius 3 is 2.74 bits per heavy atom. The molecule has 6 nitrogen and oxygen atoms in total. The molecule has 0 bridgehead atoms. The summed E-state index contributed by atoms with van der Waals surface area (Å²) in [6, 6.07) is 8.27. The third-order valence-electron chi connectivity index (χ3n) is 5.94. The number of carbonyl (C=O) groups is 2. The van der Waals surface area contributed by atoms with Gasteiger partial charge in [0.15, 0.2) is 6.61 Å². The molecule has 1 amide bonds. The molecule has 1 N–H and O–H groups in total. The number of para-hydroxylation sites is 1. The van der Waals surface area contributed by atoms with Gasteiger partial charge in [-0.05, 0) is 30.7 Å². The van der Waals surface area contributed by atoms with Crippen LogP contribution in [0.25, 0.3) is 10.9 Å². The first-order chi connectivity index (χ1) is 13.1. The number of H-pyrrole nitrogens is 1. The number of esters is 1. The van der Waals surface area contributed by atoms with Gasteiger partial charge < -0.3 is 14.6 Å². The molecule has 1 aliphatic carbocycles. The van der Waals surface area contributed by atoms with Crippen LogP contribution in [0.5, 0.6) is 0 Å². The van der Waals surface area contributed by atoms with Gasteiger partial charge in [-0.2, -0.15) is 0 Å². The smallest absolute Gasteiger partial charge is 0.339 e. The van der Waals surface area contributed by atoms with Crippen molar-refractivity contribution in [2.75, 3.05) is 19.7 Å². The lowest BCUT2D eigenvalue weighted by Crippen LogP contribution is -2.46. The predicted octanol–water partition coefficient (Wildman–Crippen LogP) is 2.72. The maximum Gasteiger partial charge on any atom is 0.339 e. The fourth-order valence-electron chi connectivity index (χ4n) is 4.50. The molecule has 1 aromatic heterocycles. The molecule has 2 fully saturated rings. The van der Waals surface area contributed by atoms with Crippen molar-refractivity contribution in [2.24, 2.45) is 11.8 Å². The number of nitrogens with zero attached hydrogens (tertiary/aromatic N) is 1. The number of rotatable bonds is 3. The zero-order valence-corrected chi connectivity index (χ0v) is 15.3. The van der Waals surface area contributed by atoms with Crippen LogP contribution in [0.3, 0.4) is 0 Å². The standard InChI is InChI=1S/C21H24N2O4/c24-19-11-17(16-7-3-4-8-18(16)22-19)21(26)27-13-20(25)23-10-9-14-5-1-2-6-15(14)12-23/h3-4,7-8,11,14-15H,1-2,5-6,9-10,12-13H2,(H,22,24)/t14-,15+/m1/s1. The molecule has 142 valence electrons. The average molecular weight is 368 g/mol. The molecule has 0 unspecified atom stereocenters. The predicted molar refractivity (Wildman–Crippen MR) is 101 cm³/mol. The Balaban J connectivity index is 1.41. The Labute approximate surface area is 157 Å². The largest absolute Gasteiger partial charge is 0.452 e. The third kappa shape index (κ3) is 3.75. The van der Waals surface area contributed by atoms with E-state index in [9.17, 15) is 14.4 Å². The van der Waals surface area contributed by atoms with Crippen molar-refractivity contribution in [1.29, 1.82) is 0 Å². The second-order valence-corrected chi connectivity index (χ2v) is 7.60. The van der Waals surface area contributed by atoms with Gasteiger partial charge in [0.1, 0.15) is 0 Å². The van der Waals surface area contributed by atoms with Gasteiger partial charge >= 0.3 is 5.97 Å². The van der Waals surface area contributed by atoms with Crippen molar-refractivity contribution in [1.82, 2.24) is 9.88 Å². The molecule has 0 spiro atoms. The highest BCUT2D eigenvalue weighted by molar-refractivity contribution is 6.03. The van der Waals surface area contributed by atoms with Crippen LogP contribution in [-0.2, 0) is 9.53 Å². The molecule has 2 atom stereocenters. The molecule has 1 saturated heterocycles. The van der Waals surface area contributed by atoms with E-state index in [2.05, 4.69) is 4.98 Å². The van der Waals surface area contributed by atoms with Crippen molar-refractivity contribution < 1.29 is 14.3 Å². The Hall–Kier alpha value is -2.63. The summed E-state index contributed by atoms with van der Waals surface area (Å²) in [5.74, 6) is 0.538. The number of nitrogens with one attached hydrogen (secondary N) is 1. The number of hydrogen-bond acceptors (Lipinski definition) is 4. The van der Waals surface area contributed by atoms with Gasteiger partial charge in [0.25, 0.3) is 5.91 Å². The highest BCUT2D eigenvalue weighted by atomic mass is 16.5. The molecule has 0 radical (unpaired) electrons. The Kier molecular flexibility index (Phi) is 4.97. The summed E-state index contributed by atoms with van der Waals surface area (Å²) in [6.45, 7) is 1.23. The first-order valence-corrected chi connectivity index (χ1v) is 9.69. The Bertz CT molecular complexity index is 920. The van der Waals surface area contributed by atoms with Crippen LogP contribution in [0, 0.1) is 11.8 Å². The second kappa shape index (κ2) is 7.55. The van der Waals surface area contributed by atoms with Gasteiger partial charge in [0.05, 0.1) is 5.56 Å². The molecule has 1 aromatic carbocycles. The molecule has 2 aliphatic rings. The Morgan fingerprint density at radius 1 is 1.11 bits per heavy atom. The van der Waals surface area contributed by atoms with Crippen LogP contribution in [0.2, 0.25) is 0 Å². The number of piperidine rings is 1. The van der Waals surface area contributed by atoms with E-state index in [1.807, 2.05) is 4.90 Å². The van der Waals surface area contributed by atoms with Crippen LogP contribution < -0.4 is 5.56 Å². The maximum atomic E-state index is 12.5. The molecule has 1 saturated carbocycles. The molecule has 2 heterocycles. The quantitative estimate of drug-likeness (QED) is 0.845. The van der Waals surface area contributed by atoms with Crippen molar-refractivity contribution in [3.63, 3.8) is 0 Å². The van der Waals surface area contributed by atoms with Crippen LogP contribution >= 0.6 is 0 Å². The number of carbonyl (C=O) groups excluding carboxylic acids is 2. The van der Waals surface area contributed by atoms with Gasteiger partial charge in [-0.1, -0.05) is 37.5 Å². The van der Waals surface area contributed by atoms with Crippen LogP contribution in [-0.4, -0.2) is 41.5 Å². The molecule has 1 aliphatic heterocycles. The lowest BCUT2D eigenvalue weighted by Gasteiger charge is -2.41. The SMILES string of the molecule is O=C(OCC(=O)N1CC[C@H]2CCCC[C@H]2C1)c1cc(=O)[nH]c2ccccc12. The number of likely N-dealkylation sites (tertiary alicyclic amines) is 1. The van der Waals surface area contributed by atoms with E-state index in [4.69, 9.17) is 4.74 Å². The summed E-state index contributed by atoms with van der Waals surface area (Å²) >= 11 is 0. The van der Waals surface area contributed by atoms with Gasteiger partial charge in [0.2, 0.25) is 5.56 Å². The number of pyridine rings is 1. The zero-order chi connectivity index (χ0) is 18.8. The maximum absolute atomic E-state index is 12.5. The molecule has 4 rings (SSSR count). The third-order valence-corrected chi connectivity index (χ3v) is 5.94. The monoisotopic (exact) mass is 368 g/mol. The molecular formula is C21H24N2O4. The minimum absolute atomic E-state index is 0.151. The number of benzene rings is 1. The van der Waals surface area contributed by atoms with Crippen LogP contribution in [0.1, 0.15) is 42.5 Å². The summed E-state index contributed by atoms with van der Waals surface area (Å²) in [5, 5.41) is 0.609. The van der Waals surface area contributed by atoms with Crippen molar-refractivity contribution in [3.05, 3.63) is 46.2 Å².